The van der Waals surface area contributed by atoms with Gasteiger partial charge in [-0.1, -0.05) is 12.1 Å². The zero-order valence-corrected chi connectivity index (χ0v) is 11.6. The first-order valence-electron chi connectivity index (χ1n) is 5.86. The fourth-order valence-corrected chi connectivity index (χ4v) is 2.17. The molecule has 1 aromatic rings. The van der Waals surface area contributed by atoms with Crippen molar-refractivity contribution in [1.82, 2.24) is 5.32 Å². The lowest BCUT2D eigenvalue weighted by atomic mass is 10.2. The third kappa shape index (κ3) is 5.74. The molecule has 0 aliphatic rings. The Kier molecular flexibility index (Phi) is 6.35. The number of ether oxygens (including phenoxy) is 1. The number of hydrogen-bond donors (Lipinski definition) is 1. The van der Waals surface area contributed by atoms with Gasteiger partial charge in [-0.3, -0.25) is 10.1 Å². The summed E-state index contributed by atoms with van der Waals surface area (Å²) < 4.78 is 17.4. The third-order valence-electron chi connectivity index (χ3n) is 2.32. The lowest BCUT2D eigenvalue weighted by Crippen LogP contribution is -2.32. The van der Waals surface area contributed by atoms with Crippen LogP contribution in [0.15, 0.2) is 24.3 Å². The molecule has 1 rings (SSSR count). The first kappa shape index (κ1) is 15.5. The summed E-state index contributed by atoms with van der Waals surface area (Å²) in [6.07, 6.45) is -0.734. The minimum atomic E-state index is -0.734. The Morgan fingerprint density at radius 3 is 2.58 bits per heavy atom. The molecule has 104 valence electrons. The van der Waals surface area contributed by atoms with E-state index in [4.69, 9.17) is 0 Å². The summed E-state index contributed by atoms with van der Waals surface area (Å²) in [6, 6.07) is 6.11. The molecule has 0 radical (unpaired) electrons. The predicted molar refractivity (Wildman–Crippen MR) is 72.4 cm³/mol. The van der Waals surface area contributed by atoms with E-state index in [0.29, 0.717) is 0 Å². The number of thioether (sulfide) groups is 1. The van der Waals surface area contributed by atoms with Crippen molar-refractivity contribution in [2.45, 2.75) is 19.1 Å². The van der Waals surface area contributed by atoms with Crippen molar-refractivity contribution < 1.29 is 18.7 Å². The van der Waals surface area contributed by atoms with Crippen molar-refractivity contribution in [2.75, 3.05) is 12.4 Å². The summed E-state index contributed by atoms with van der Waals surface area (Å²) in [5.41, 5.74) is 0.926. The Morgan fingerprint density at radius 1 is 1.37 bits per heavy atom. The molecular formula is C13H16FNO3S. The van der Waals surface area contributed by atoms with Gasteiger partial charge in [-0.05, 0) is 31.5 Å². The highest BCUT2D eigenvalue weighted by atomic mass is 32.2. The summed E-state index contributed by atoms with van der Waals surface area (Å²) in [5.74, 6) is -0.560. The van der Waals surface area contributed by atoms with Crippen LogP contribution in [0.2, 0.25) is 0 Å². The lowest BCUT2D eigenvalue weighted by Gasteiger charge is -2.11. The van der Waals surface area contributed by atoms with Gasteiger partial charge in [-0.2, -0.15) is 0 Å². The number of halogens is 1. The van der Waals surface area contributed by atoms with Crippen LogP contribution in [0.1, 0.15) is 24.7 Å². The molecule has 0 aliphatic heterocycles. The van der Waals surface area contributed by atoms with Crippen LogP contribution in [-0.2, 0) is 9.53 Å². The van der Waals surface area contributed by atoms with Gasteiger partial charge in [0.15, 0.2) is 0 Å². The van der Waals surface area contributed by atoms with Gasteiger partial charge >= 0.3 is 6.09 Å². The standard InChI is InChI=1S/C13H16FNO3S/c1-3-18-13(17)15-12(16)8-19-9(2)10-4-6-11(14)7-5-10/h4-7,9H,3,8H2,1-2H3,(H,15,16,17). The quantitative estimate of drug-likeness (QED) is 0.903. The molecule has 1 N–H and O–H groups in total. The maximum atomic E-state index is 12.8. The van der Waals surface area contributed by atoms with Crippen LogP contribution in [-0.4, -0.2) is 24.4 Å². The minimum Gasteiger partial charge on any atom is -0.450 e. The molecule has 19 heavy (non-hydrogen) atoms. The molecule has 0 bridgehead atoms. The molecule has 0 heterocycles. The molecule has 1 aromatic carbocycles. The molecule has 0 aliphatic carbocycles. The fourth-order valence-electron chi connectivity index (χ4n) is 1.35. The number of rotatable bonds is 5. The number of benzene rings is 1. The van der Waals surface area contributed by atoms with Gasteiger partial charge in [0.25, 0.3) is 0 Å². The second-order valence-electron chi connectivity index (χ2n) is 3.77. The Hall–Kier alpha value is -1.56. The molecule has 0 spiro atoms. The van der Waals surface area contributed by atoms with Gasteiger partial charge in [0, 0.05) is 5.25 Å². The van der Waals surface area contributed by atoms with Crippen molar-refractivity contribution in [1.29, 1.82) is 0 Å². The van der Waals surface area contributed by atoms with Crippen molar-refractivity contribution in [2.24, 2.45) is 0 Å². The van der Waals surface area contributed by atoms with Crippen LogP contribution in [0.3, 0.4) is 0 Å². The van der Waals surface area contributed by atoms with E-state index < -0.39 is 12.0 Å². The first-order valence-corrected chi connectivity index (χ1v) is 6.91. The maximum absolute atomic E-state index is 12.8. The molecule has 2 amide bonds. The number of nitrogens with one attached hydrogen (secondary N) is 1. The van der Waals surface area contributed by atoms with Crippen molar-refractivity contribution in [3.05, 3.63) is 35.6 Å². The molecule has 0 aromatic heterocycles. The van der Waals surface area contributed by atoms with E-state index in [9.17, 15) is 14.0 Å². The number of alkyl carbamates (subject to hydrolysis) is 1. The van der Waals surface area contributed by atoms with E-state index in [0.717, 1.165) is 5.56 Å². The molecule has 0 fully saturated rings. The Balaban J connectivity index is 2.37. The Morgan fingerprint density at radius 2 is 2.00 bits per heavy atom. The molecule has 0 saturated carbocycles. The van der Waals surface area contributed by atoms with E-state index in [-0.39, 0.29) is 23.4 Å². The predicted octanol–water partition coefficient (Wildman–Crippen LogP) is 2.89. The topological polar surface area (TPSA) is 55.4 Å². The fraction of sp³-hybridized carbons (Fsp3) is 0.385. The zero-order valence-electron chi connectivity index (χ0n) is 10.8. The number of imide groups is 1. The van der Waals surface area contributed by atoms with Crippen molar-refractivity contribution in [3.8, 4) is 0 Å². The van der Waals surface area contributed by atoms with Gasteiger partial charge in [-0.25, -0.2) is 9.18 Å². The molecule has 4 nitrogen and oxygen atoms in total. The van der Waals surface area contributed by atoms with E-state index in [1.807, 2.05) is 6.92 Å². The van der Waals surface area contributed by atoms with Crippen LogP contribution in [0, 0.1) is 5.82 Å². The van der Waals surface area contributed by atoms with E-state index in [1.54, 1.807) is 19.1 Å². The number of carbonyl (C=O) groups is 2. The second-order valence-corrected chi connectivity index (χ2v) is 5.10. The zero-order chi connectivity index (χ0) is 14.3. The largest absolute Gasteiger partial charge is 0.450 e. The smallest absolute Gasteiger partial charge is 0.413 e. The SMILES string of the molecule is CCOC(=O)NC(=O)CSC(C)c1ccc(F)cc1. The number of hydrogen-bond acceptors (Lipinski definition) is 4. The summed E-state index contributed by atoms with van der Waals surface area (Å²) in [7, 11) is 0. The summed E-state index contributed by atoms with van der Waals surface area (Å²) in [5, 5.41) is 2.15. The highest BCUT2D eigenvalue weighted by Gasteiger charge is 2.12. The number of carbonyl (C=O) groups excluding carboxylic acids is 2. The lowest BCUT2D eigenvalue weighted by molar-refractivity contribution is -0.117. The highest BCUT2D eigenvalue weighted by Crippen LogP contribution is 2.27. The van der Waals surface area contributed by atoms with E-state index in [2.05, 4.69) is 10.1 Å². The van der Waals surface area contributed by atoms with E-state index >= 15 is 0 Å². The highest BCUT2D eigenvalue weighted by molar-refractivity contribution is 8.00. The monoisotopic (exact) mass is 285 g/mol. The van der Waals surface area contributed by atoms with Crippen LogP contribution in [0.4, 0.5) is 9.18 Å². The minimum absolute atomic E-state index is 0.0357. The van der Waals surface area contributed by atoms with Crippen molar-refractivity contribution >= 4 is 23.8 Å². The van der Waals surface area contributed by atoms with Crippen molar-refractivity contribution in [3.63, 3.8) is 0 Å². The number of amides is 2. The average Bonchev–Trinajstić information content (AvgIpc) is 2.37. The Bertz CT molecular complexity index is 436. The Labute approximate surface area is 115 Å². The normalized spacial score (nSPS) is 11.7. The maximum Gasteiger partial charge on any atom is 0.413 e. The molecule has 6 heteroatoms. The van der Waals surface area contributed by atoms with E-state index in [1.165, 1.54) is 23.9 Å². The van der Waals surface area contributed by atoms with Crippen LogP contribution in [0.5, 0.6) is 0 Å². The third-order valence-corrected chi connectivity index (χ3v) is 3.52. The van der Waals surface area contributed by atoms with Gasteiger partial charge < -0.3 is 4.74 Å². The average molecular weight is 285 g/mol. The van der Waals surface area contributed by atoms with Gasteiger partial charge in [0.1, 0.15) is 5.82 Å². The van der Waals surface area contributed by atoms with Gasteiger partial charge in [0.2, 0.25) is 5.91 Å². The van der Waals surface area contributed by atoms with Crippen LogP contribution < -0.4 is 5.32 Å². The molecule has 1 unspecified atom stereocenters. The summed E-state index contributed by atoms with van der Waals surface area (Å²) >= 11 is 1.36. The molecule has 0 saturated heterocycles. The van der Waals surface area contributed by atoms with Gasteiger partial charge in [0.05, 0.1) is 12.4 Å². The van der Waals surface area contributed by atoms with Crippen LogP contribution >= 0.6 is 11.8 Å². The summed E-state index contributed by atoms with van der Waals surface area (Å²) in [6.45, 7) is 3.79. The second kappa shape index (κ2) is 7.78. The molecule has 1 atom stereocenters. The van der Waals surface area contributed by atoms with Gasteiger partial charge in [-0.15, -0.1) is 11.8 Å². The van der Waals surface area contributed by atoms with Crippen LogP contribution in [0.25, 0.3) is 0 Å². The first-order chi connectivity index (χ1) is 9.02. The molecular weight excluding hydrogens is 269 g/mol. The summed E-state index contributed by atoms with van der Waals surface area (Å²) in [4.78, 5) is 22.4.